The van der Waals surface area contributed by atoms with E-state index < -0.39 is 0 Å². The Balaban J connectivity index is 1.82. The van der Waals surface area contributed by atoms with E-state index in [1.807, 2.05) is 0 Å². The average molecular weight is 359 g/mol. The van der Waals surface area contributed by atoms with E-state index in [2.05, 4.69) is 44.9 Å². The van der Waals surface area contributed by atoms with Gasteiger partial charge in [0, 0.05) is 31.4 Å². The van der Waals surface area contributed by atoms with Crippen molar-refractivity contribution < 1.29 is 9.59 Å². The van der Waals surface area contributed by atoms with Crippen LogP contribution >= 0.6 is 0 Å². The van der Waals surface area contributed by atoms with Crippen molar-refractivity contribution in [3.05, 3.63) is 35.7 Å². The molecule has 0 saturated carbocycles. The number of anilines is 1. The van der Waals surface area contributed by atoms with Gasteiger partial charge in [-0.05, 0) is 47.8 Å². The molecule has 2 aromatic rings. The molecule has 2 rings (SSSR count). The smallest absolute Gasteiger partial charge is 0.251 e. The first-order valence-electron chi connectivity index (χ1n) is 8.65. The lowest BCUT2D eigenvalue weighted by Crippen LogP contribution is -2.34. The number of amides is 2. The molecule has 2 N–H and O–H groups in total. The van der Waals surface area contributed by atoms with Crippen LogP contribution in [0.25, 0.3) is 0 Å². The summed E-state index contributed by atoms with van der Waals surface area (Å²) in [4.78, 5) is 26.4. The Kier molecular flexibility index (Phi) is 7.22. The molecule has 0 bridgehead atoms. The number of nitrogens with one attached hydrogen (secondary N) is 2. The molecule has 26 heavy (non-hydrogen) atoms. The predicted octanol–water partition coefficient (Wildman–Crippen LogP) is 0.463. The van der Waals surface area contributed by atoms with Gasteiger partial charge >= 0.3 is 0 Å². The zero-order valence-electron chi connectivity index (χ0n) is 15.4. The van der Waals surface area contributed by atoms with Gasteiger partial charge in [0.15, 0.2) is 5.82 Å². The van der Waals surface area contributed by atoms with Crippen molar-refractivity contribution in [2.24, 2.45) is 7.05 Å². The zero-order chi connectivity index (χ0) is 18.9. The SMILES string of the molecule is CCN(CC)CCNC(=O)c1ccc(NC(=O)Cc2nnnn2C)cc1. The van der Waals surface area contributed by atoms with Crippen LogP contribution in [-0.2, 0) is 18.3 Å². The molecule has 0 aliphatic carbocycles. The van der Waals surface area contributed by atoms with Gasteiger partial charge in [-0.3, -0.25) is 9.59 Å². The summed E-state index contributed by atoms with van der Waals surface area (Å²) in [6, 6.07) is 6.77. The maximum Gasteiger partial charge on any atom is 0.251 e. The zero-order valence-corrected chi connectivity index (χ0v) is 15.4. The maximum atomic E-state index is 12.1. The molecule has 2 amide bonds. The van der Waals surface area contributed by atoms with E-state index in [0.717, 1.165) is 19.6 Å². The Labute approximate surface area is 152 Å². The number of benzene rings is 1. The third kappa shape index (κ3) is 5.62. The first-order valence-corrected chi connectivity index (χ1v) is 8.65. The number of hydrogen-bond acceptors (Lipinski definition) is 6. The van der Waals surface area contributed by atoms with Gasteiger partial charge in [-0.25, -0.2) is 4.68 Å². The van der Waals surface area contributed by atoms with Gasteiger partial charge in [0.25, 0.3) is 5.91 Å². The molecular weight excluding hydrogens is 334 g/mol. The van der Waals surface area contributed by atoms with Gasteiger partial charge in [0.1, 0.15) is 0 Å². The summed E-state index contributed by atoms with van der Waals surface area (Å²) in [5.74, 6) is 0.131. The highest BCUT2D eigenvalue weighted by Crippen LogP contribution is 2.10. The first-order chi connectivity index (χ1) is 12.5. The molecule has 1 heterocycles. The third-order valence-electron chi connectivity index (χ3n) is 4.07. The van der Waals surface area contributed by atoms with Gasteiger partial charge < -0.3 is 15.5 Å². The lowest BCUT2D eigenvalue weighted by molar-refractivity contribution is -0.115. The fourth-order valence-electron chi connectivity index (χ4n) is 2.42. The summed E-state index contributed by atoms with van der Waals surface area (Å²) < 4.78 is 1.45. The van der Waals surface area contributed by atoms with Gasteiger partial charge in [0.2, 0.25) is 5.91 Å². The molecule has 140 valence electrons. The second-order valence-electron chi connectivity index (χ2n) is 5.80. The molecule has 0 fully saturated rings. The Morgan fingerprint density at radius 1 is 1.15 bits per heavy atom. The molecule has 0 unspecified atom stereocenters. The number of aromatic nitrogens is 4. The number of carbonyl (C=O) groups excluding carboxylic acids is 2. The van der Waals surface area contributed by atoms with Gasteiger partial charge in [-0.2, -0.15) is 0 Å². The molecular formula is C17H25N7O2. The Hall–Kier alpha value is -2.81. The van der Waals surface area contributed by atoms with Crippen molar-refractivity contribution >= 4 is 17.5 Å². The minimum atomic E-state index is -0.223. The van der Waals surface area contributed by atoms with Crippen LogP contribution in [0, 0.1) is 0 Å². The fraction of sp³-hybridized carbons (Fsp3) is 0.471. The predicted molar refractivity (Wildman–Crippen MR) is 97.7 cm³/mol. The summed E-state index contributed by atoms with van der Waals surface area (Å²) >= 11 is 0. The number of likely N-dealkylation sites (N-methyl/N-ethyl adjacent to an activating group) is 1. The lowest BCUT2D eigenvalue weighted by atomic mass is 10.2. The Bertz CT molecular complexity index is 723. The van der Waals surface area contributed by atoms with E-state index in [0.29, 0.717) is 23.6 Å². The molecule has 0 aliphatic rings. The lowest BCUT2D eigenvalue weighted by Gasteiger charge is -2.17. The van der Waals surface area contributed by atoms with Gasteiger partial charge in [-0.1, -0.05) is 13.8 Å². The normalized spacial score (nSPS) is 10.8. The van der Waals surface area contributed by atoms with E-state index in [4.69, 9.17) is 0 Å². The van der Waals surface area contributed by atoms with E-state index in [9.17, 15) is 9.59 Å². The molecule has 1 aromatic carbocycles. The second-order valence-corrected chi connectivity index (χ2v) is 5.80. The van der Waals surface area contributed by atoms with Crippen LogP contribution in [0.15, 0.2) is 24.3 Å². The summed E-state index contributed by atoms with van der Waals surface area (Å²) in [7, 11) is 1.68. The topological polar surface area (TPSA) is 105 Å². The number of rotatable bonds is 9. The van der Waals surface area contributed by atoms with Crippen molar-refractivity contribution in [1.82, 2.24) is 30.4 Å². The Morgan fingerprint density at radius 3 is 2.42 bits per heavy atom. The molecule has 9 nitrogen and oxygen atoms in total. The van der Waals surface area contributed by atoms with Crippen LogP contribution in [-0.4, -0.2) is 63.1 Å². The molecule has 0 spiro atoms. The van der Waals surface area contributed by atoms with E-state index in [-0.39, 0.29) is 18.2 Å². The molecule has 0 atom stereocenters. The summed E-state index contributed by atoms with van der Waals surface area (Å²) in [5, 5.41) is 16.6. The van der Waals surface area contributed by atoms with Crippen LogP contribution in [0.5, 0.6) is 0 Å². The van der Waals surface area contributed by atoms with Crippen LogP contribution in [0.3, 0.4) is 0 Å². The monoisotopic (exact) mass is 359 g/mol. The molecule has 0 aliphatic heterocycles. The van der Waals surface area contributed by atoms with E-state index in [1.54, 1.807) is 31.3 Å². The van der Waals surface area contributed by atoms with Crippen molar-refractivity contribution in [2.75, 3.05) is 31.5 Å². The minimum Gasteiger partial charge on any atom is -0.351 e. The van der Waals surface area contributed by atoms with E-state index in [1.165, 1.54) is 4.68 Å². The molecule has 1 aromatic heterocycles. The number of carbonyl (C=O) groups is 2. The summed E-state index contributed by atoms with van der Waals surface area (Å²) in [6.07, 6.45) is 0.0805. The number of nitrogens with zero attached hydrogens (tertiary/aromatic N) is 5. The number of hydrogen-bond donors (Lipinski definition) is 2. The number of tetrazole rings is 1. The number of aryl methyl sites for hydroxylation is 1. The minimum absolute atomic E-state index is 0.0805. The van der Waals surface area contributed by atoms with Crippen molar-refractivity contribution in [1.29, 1.82) is 0 Å². The van der Waals surface area contributed by atoms with Crippen molar-refractivity contribution in [3.8, 4) is 0 Å². The largest absolute Gasteiger partial charge is 0.351 e. The van der Waals surface area contributed by atoms with E-state index >= 15 is 0 Å². The summed E-state index contributed by atoms with van der Waals surface area (Å²) in [5.41, 5.74) is 1.17. The van der Waals surface area contributed by atoms with Crippen molar-refractivity contribution in [2.45, 2.75) is 20.3 Å². The molecule has 0 saturated heterocycles. The molecule has 0 radical (unpaired) electrons. The highest BCUT2D eigenvalue weighted by Gasteiger charge is 2.10. The second kappa shape index (κ2) is 9.62. The fourth-order valence-corrected chi connectivity index (χ4v) is 2.42. The van der Waals surface area contributed by atoms with Crippen LogP contribution in [0.2, 0.25) is 0 Å². The maximum absolute atomic E-state index is 12.1. The third-order valence-corrected chi connectivity index (χ3v) is 4.07. The average Bonchev–Trinajstić information content (AvgIpc) is 3.03. The van der Waals surface area contributed by atoms with Gasteiger partial charge in [-0.15, -0.1) is 5.10 Å². The summed E-state index contributed by atoms with van der Waals surface area (Å²) in [6.45, 7) is 7.54. The van der Waals surface area contributed by atoms with Crippen LogP contribution in [0.1, 0.15) is 30.0 Å². The van der Waals surface area contributed by atoms with Crippen LogP contribution < -0.4 is 10.6 Å². The highest BCUT2D eigenvalue weighted by molar-refractivity contribution is 5.96. The van der Waals surface area contributed by atoms with Gasteiger partial charge in [0.05, 0.1) is 6.42 Å². The van der Waals surface area contributed by atoms with Crippen molar-refractivity contribution in [3.63, 3.8) is 0 Å². The standard InChI is InChI=1S/C17H25N7O2/c1-4-24(5-2)11-10-18-17(26)13-6-8-14(9-7-13)19-16(25)12-15-20-21-22-23(15)3/h6-9H,4-5,10-12H2,1-3H3,(H,18,26)(H,19,25). The quantitative estimate of drug-likeness (QED) is 0.674. The highest BCUT2D eigenvalue weighted by atomic mass is 16.2. The first kappa shape index (κ1) is 19.5. The Morgan fingerprint density at radius 2 is 1.85 bits per heavy atom. The van der Waals surface area contributed by atoms with Crippen LogP contribution in [0.4, 0.5) is 5.69 Å². The molecule has 9 heteroatoms.